The average Bonchev–Trinajstić information content (AvgIpc) is 2.65. The second kappa shape index (κ2) is 8.30. The van der Waals surface area contributed by atoms with E-state index in [1.807, 2.05) is 38.1 Å². The molecule has 0 aliphatic rings. The van der Waals surface area contributed by atoms with Gasteiger partial charge in [0.25, 0.3) is 5.91 Å². The molecule has 0 aliphatic carbocycles. The third-order valence-corrected chi connectivity index (χ3v) is 4.18. The summed E-state index contributed by atoms with van der Waals surface area (Å²) in [5, 5.41) is 8.64. The first-order chi connectivity index (χ1) is 13.4. The van der Waals surface area contributed by atoms with Gasteiger partial charge in [-0.05, 0) is 55.3 Å². The minimum Gasteiger partial charge on any atom is -0.326 e. The summed E-state index contributed by atoms with van der Waals surface area (Å²) in [6.45, 7) is 5.40. The Morgan fingerprint density at radius 3 is 2.46 bits per heavy atom. The topological polar surface area (TPSA) is 96.0 Å². The summed E-state index contributed by atoms with van der Waals surface area (Å²) in [6.07, 6.45) is 1.52. The SMILES string of the molecule is CC(=O)Nc1cccc(Nc2nccc(C(=O)Nc3cccc(C)c3C)n2)c1. The van der Waals surface area contributed by atoms with Gasteiger partial charge in [0.05, 0.1) is 0 Å². The van der Waals surface area contributed by atoms with Crippen molar-refractivity contribution in [2.24, 2.45) is 0 Å². The lowest BCUT2D eigenvalue weighted by molar-refractivity contribution is -0.114. The number of nitrogens with zero attached hydrogens (tertiary/aromatic N) is 2. The Morgan fingerprint density at radius 2 is 1.68 bits per heavy atom. The molecule has 2 amide bonds. The Kier molecular flexibility index (Phi) is 5.64. The maximum atomic E-state index is 12.6. The van der Waals surface area contributed by atoms with Gasteiger partial charge in [0.15, 0.2) is 0 Å². The Bertz CT molecular complexity index is 1030. The van der Waals surface area contributed by atoms with Gasteiger partial charge in [-0.15, -0.1) is 0 Å². The second-order valence-electron chi connectivity index (χ2n) is 6.35. The van der Waals surface area contributed by atoms with Gasteiger partial charge in [-0.2, -0.15) is 0 Å². The summed E-state index contributed by atoms with van der Waals surface area (Å²) in [5.41, 5.74) is 4.46. The van der Waals surface area contributed by atoms with Crippen LogP contribution in [0.1, 0.15) is 28.5 Å². The van der Waals surface area contributed by atoms with Crippen LogP contribution in [0.15, 0.2) is 54.7 Å². The molecular formula is C21H21N5O2. The summed E-state index contributed by atoms with van der Waals surface area (Å²) in [5.74, 6) is -0.182. The molecule has 0 bridgehead atoms. The van der Waals surface area contributed by atoms with Crippen LogP contribution in [-0.2, 0) is 4.79 Å². The van der Waals surface area contributed by atoms with E-state index in [0.29, 0.717) is 11.4 Å². The molecule has 0 saturated heterocycles. The lowest BCUT2D eigenvalue weighted by atomic mass is 10.1. The number of aryl methyl sites for hydroxylation is 1. The molecule has 7 nitrogen and oxygen atoms in total. The molecule has 3 N–H and O–H groups in total. The number of benzene rings is 2. The monoisotopic (exact) mass is 375 g/mol. The van der Waals surface area contributed by atoms with E-state index in [0.717, 1.165) is 16.8 Å². The minimum absolute atomic E-state index is 0.154. The summed E-state index contributed by atoms with van der Waals surface area (Å²) in [7, 11) is 0. The van der Waals surface area contributed by atoms with Crippen molar-refractivity contribution in [2.75, 3.05) is 16.0 Å². The molecule has 0 radical (unpaired) electrons. The fourth-order valence-electron chi connectivity index (χ4n) is 2.63. The Hall–Kier alpha value is -3.74. The van der Waals surface area contributed by atoms with E-state index in [-0.39, 0.29) is 23.5 Å². The summed E-state index contributed by atoms with van der Waals surface area (Å²) < 4.78 is 0. The summed E-state index contributed by atoms with van der Waals surface area (Å²) in [6, 6.07) is 14.4. The normalized spacial score (nSPS) is 10.2. The quantitative estimate of drug-likeness (QED) is 0.625. The molecule has 28 heavy (non-hydrogen) atoms. The van der Waals surface area contributed by atoms with Crippen LogP contribution in [0.25, 0.3) is 0 Å². The fourth-order valence-corrected chi connectivity index (χ4v) is 2.63. The number of carbonyl (C=O) groups excluding carboxylic acids is 2. The number of hydrogen-bond donors (Lipinski definition) is 3. The van der Waals surface area contributed by atoms with Crippen LogP contribution >= 0.6 is 0 Å². The van der Waals surface area contributed by atoms with E-state index in [2.05, 4.69) is 25.9 Å². The first kappa shape index (κ1) is 19.0. The lowest BCUT2D eigenvalue weighted by Crippen LogP contribution is -2.15. The molecule has 3 aromatic rings. The third kappa shape index (κ3) is 4.70. The van der Waals surface area contributed by atoms with Crippen molar-refractivity contribution in [3.8, 4) is 0 Å². The summed E-state index contributed by atoms with van der Waals surface area (Å²) >= 11 is 0. The van der Waals surface area contributed by atoms with E-state index >= 15 is 0 Å². The lowest BCUT2D eigenvalue weighted by Gasteiger charge is -2.11. The number of nitrogens with one attached hydrogen (secondary N) is 3. The van der Waals surface area contributed by atoms with Crippen molar-refractivity contribution in [3.63, 3.8) is 0 Å². The van der Waals surface area contributed by atoms with Gasteiger partial charge in [0.2, 0.25) is 11.9 Å². The van der Waals surface area contributed by atoms with Crippen molar-refractivity contribution >= 4 is 34.8 Å². The smallest absolute Gasteiger partial charge is 0.274 e. The number of amides is 2. The average molecular weight is 375 g/mol. The number of anilines is 4. The third-order valence-electron chi connectivity index (χ3n) is 4.18. The van der Waals surface area contributed by atoms with Crippen LogP contribution in [0, 0.1) is 13.8 Å². The molecule has 3 rings (SSSR count). The molecule has 2 aromatic carbocycles. The molecule has 1 heterocycles. The van der Waals surface area contributed by atoms with Gasteiger partial charge in [-0.1, -0.05) is 18.2 Å². The van der Waals surface area contributed by atoms with Crippen molar-refractivity contribution in [1.82, 2.24) is 9.97 Å². The number of rotatable bonds is 5. The van der Waals surface area contributed by atoms with Gasteiger partial charge in [0, 0.05) is 30.2 Å². The van der Waals surface area contributed by atoms with Gasteiger partial charge >= 0.3 is 0 Å². The van der Waals surface area contributed by atoms with Crippen LogP contribution in [0.3, 0.4) is 0 Å². The Labute approximate surface area is 163 Å². The molecule has 0 aliphatic heterocycles. The largest absolute Gasteiger partial charge is 0.326 e. The van der Waals surface area contributed by atoms with Crippen LogP contribution in [0.4, 0.5) is 23.0 Å². The zero-order chi connectivity index (χ0) is 20.1. The molecule has 0 saturated carbocycles. The van der Waals surface area contributed by atoms with Crippen molar-refractivity contribution < 1.29 is 9.59 Å². The molecule has 142 valence electrons. The molecule has 0 spiro atoms. The maximum Gasteiger partial charge on any atom is 0.274 e. The Balaban J connectivity index is 1.76. The second-order valence-corrected chi connectivity index (χ2v) is 6.35. The molecular weight excluding hydrogens is 354 g/mol. The number of hydrogen-bond acceptors (Lipinski definition) is 5. The predicted molar refractivity (Wildman–Crippen MR) is 110 cm³/mol. The van der Waals surface area contributed by atoms with Crippen LogP contribution in [0.2, 0.25) is 0 Å². The highest BCUT2D eigenvalue weighted by molar-refractivity contribution is 6.03. The van der Waals surface area contributed by atoms with Crippen molar-refractivity contribution in [2.45, 2.75) is 20.8 Å². The van der Waals surface area contributed by atoms with Crippen LogP contribution < -0.4 is 16.0 Å². The number of carbonyl (C=O) groups is 2. The van der Waals surface area contributed by atoms with Gasteiger partial charge in [0.1, 0.15) is 5.69 Å². The summed E-state index contributed by atoms with van der Waals surface area (Å²) in [4.78, 5) is 32.2. The first-order valence-electron chi connectivity index (χ1n) is 8.77. The molecule has 7 heteroatoms. The van der Waals surface area contributed by atoms with Crippen molar-refractivity contribution in [3.05, 3.63) is 71.5 Å². The van der Waals surface area contributed by atoms with E-state index in [4.69, 9.17) is 0 Å². The zero-order valence-electron chi connectivity index (χ0n) is 15.9. The predicted octanol–water partition coefficient (Wildman–Crippen LogP) is 4.05. The number of aromatic nitrogens is 2. The van der Waals surface area contributed by atoms with E-state index in [1.165, 1.54) is 13.1 Å². The first-order valence-corrected chi connectivity index (χ1v) is 8.77. The van der Waals surface area contributed by atoms with E-state index in [1.54, 1.807) is 24.3 Å². The highest BCUT2D eigenvalue weighted by atomic mass is 16.2. The maximum absolute atomic E-state index is 12.6. The minimum atomic E-state index is -0.314. The fraction of sp³-hybridized carbons (Fsp3) is 0.143. The molecule has 0 atom stereocenters. The van der Waals surface area contributed by atoms with Crippen LogP contribution in [-0.4, -0.2) is 21.8 Å². The van der Waals surface area contributed by atoms with Gasteiger partial charge in [-0.3, -0.25) is 9.59 Å². The van der Waals surface area contributed by atoms with E-state index in [9.17, 15) is 9.59 Å². The van der Waals surface area contributed by atoms with Crippen LogP contribution in [0.5, 0.6) is 0 Å². The zero-order valence-corrected chi connectivity index (χ0v) is 15.9. The van der Waals surface area contributed by atoms with Gasteiger partial charge < -0.3 is 16.0 Å². The highest BCUT2D eigenvalue weighted by Gasteiger charge is 2.11. The molecule has 1 aromatic heterocycles. The molecule has 0 unspecified atom stereocenters. The molecule has 0 fully saturated rings. The highest BCUT2D eigenvalue weighted by Crippen LogP contribution is 2.20. The standard InChI is InChI=1S/C21H21N5O2/c1-13-6-4-9-18(14(13)2)25-20(28)19-10-11-22-21(26-19)24-17-8-5-7-16(12-17)23-15(3)27/h4-12H,1-3H3,(H,23,27)(H,25,28)(H,22,24,26). The van der Waals surface area contributed by atoms with Crippen molar-refractivity contribution in [1.29, 1.82) is 0 Å². The van der Waals surface area contributed by atoms with E-state index < -0.39 is 0 Å². The Morgan fingerprint density at radius 1 is 0.929 bits per heavy atom. The van der Waals surface area contributed by atoms with Gasteiger partial charge in [-0.25, -0.2) is 9.97 Å².